The third-order valence-electron chi connectivity index (χ3n) is 1.37. The average Bonchev–Trinajstić information content (AvgIpc) is 1.97. The summed E-state index contributed by atoms with van der Waals surface area (Å²) in [7, 11) is 0. The predicted octanol–water partition coefficient (Wildman–Crippen LogP) is 1.67. The number of benzene rings is 1. The molecule has 0 aliphatic rings. The monoisotopic (exact) mass is 204 g/mol. The quantitative estimate of drug-likeness (QED) is 0.684. The fourth-order valence-corrected chi connectivity index (χ4v) is 1.35. The Bertz CT molecular complexity index is 338. The second kappa shape index (κ2) is 3.21. The summed E-state index contributed by atoms with van der Waals surface area (Å²) in [5.41, 5.74) is 10.8. The Morgan fingerprint density at radius 3 is 2.33 bits per heavy atom. The van der Waals surface area contributed by atoms with Crippen LogP contribution in [-0.2, 0) is 0 Å². The Labute approximate surface area is 79.2 Å². The van der Waals surface area contributed by atoms with Gasteiger partial charge in [0.15, 0.2) is 0 Å². The van der Waals surface area contributed by atoms with Crippen molar-refractivity contribution in [2.24, 2.45) is 5.73 Å². The standard InChI is InChI=1S/C7H6Cl2N2O/c8-3-1-2-4(10)6(9)5(3)7(11)12/h1-2H,10H2,(H2,11,12). The van der Waals surface area contributed by atoms with E-state index in [0.29, 0.717) is 0 Å². The predicted molar refractivity (Wildman–Crippen MR) is 49.4 cm³/mol. The number of carbonyl (C=O) groups excluding carboxylic acids is 1. The molecule has 1 aromatic rings. The topological polar surface area (TPSA) is 69.1 Å². The van der Waals surface area contributed by atoms with Gasteiger partial charge >= 0.3 is 0 Å². The maximum Gasteiger partial charge on any atom is 0.251 e. The number of halogens is 2. The van der Waals surface area contributed by atoms with E-state index in [-0.39, 0.29) is 21.3 Å². The van der Waals surface area contributed by atoms with Crippen LogP contribution in [-0.4, -0.2) is 5.91 Å². The number of nitrogens with two attached hydrogens (primary N) is 2. The van der Waals surface area contributed by atoms with E-state index in [1.165, 1.54) is 12.1 Å². The van der Waals surface area contributed by atoms with Crippen LogP contribution < -0.4 is 11.5 Å². The van der Waals surface area contributed by atoms with Crippen molar-refractivity contribution >= 4 is 34.8 Å². The number of nitrogen functional groups attached to an aromatic ring is 1. The molecular formula is C7H6Cl2N2O. The third-order valence-corrected chi connectivity index (χ3v) is 2.09. The first-order valence-corrected chi connectivity index (χ1v) is 3.83. The normalized spacial score (nSPS) is 9.83. The molecule has 0 saturated heterocycles. The number of carbonyl (C=O) groups is 1. The van der Waals surface area contributed by atoms with Crippen molar-refractivity contribution < 1.29 is 4.79 Å². The fourth-order valence-electron chi connectivity index (χ4n) is 0.794. The zero-order valence-corrected chi connectivity index (χ0v) is 7.49. The SMILES string of the molecule is NC(=O)c1c(Cl)ccc(N)c1Cl. The number of rotatable bonds is 1. The smallest absolute Gasteiger partial charge is 0.251 e. The Hall–Kier alpha value is -0.930. The zero-order valence-electron chi connectivity index (χ0n) is 5.97. The largest absolute Gasteiger partial charge is 0.398 e. The highest BCUT2D eigenvalue weighted by molar-refractivity contribution is 6.41. The van der Waals surface area contributed by atoms with Crippen LogP contribution in [0.1, 0.15) is 10.4 Å². The lowest BCUT2D eigenvalue weighted by Crippen LogP contribution is -2.13. The molecule has 0 spiro atoms. The van der Waals surface area contributed by atoms with E-state index >= 15 is 0 Å². The third kappa shape index (κ3) is 1.47. The van der Waals surface area contributed by atoms with E-state index < -0.39 is 5.91 Å². The molecule has 0 bridgehead atoms. The van der Waals surface area contributed by atoms with E-state index in [1.807, 2.05) is 0 Å². The summed E-state index contributed by atoms with van der Waals surface area (Å²) in [5.74, 6) is -0.683. The van der Waals surface area contributed by atoms with Gasteiger partial charge in [-0.2, -0.15) is 0 Å². The summed E-state index contributed by atoms with van der Waals surface area (Å²) in [6.45, 7) is 0. The van der Waals surface area contributed by atoms with Crippen LogP contribution in [0.3, 0.4) is 0 Å². The lowest BCUT2D eigenvalue weighted by atomic mass is 10.2. The van der Waals surface area contributed by atoms with E-state index in [0.717, 1.165) is 0 Å². The second-order valence-corrected chi connectivity index (χ2v) is 2.98. The number of hydrogen-bond donors (Lipinski definition) is 2. The van der Waals surface area contributed by atoms with E-state index in [4.69, 9.17) is 34.7 Å². The zero-order chi connectivity index (χ0) is 9.30. The van der Waals surface area contributed by atoms with Gasteiger partial charge in [-0.15, -0.1) is 0 Å². The van der Waals surface area contributed by atoms with Gasteiger partial charge in [-0.25, -0.2) is 0 Å². The van der Waals surface area contributed by atoms with Crippen molar-refractivity contribution in [1.82, 2.24) is 0 Å². The van der Waals surface area contributed by atoms with Crippen LogP contribution in [0.5, 0.6) is 0 Å². The first-order valence-electron chi connectivity index (χ1n) is 3.07. The molecule has 3 nitrogen and oxygen atoms in total. The minimum Gasteiger partial charge on any atom is -0.398 e. The number of anilines is 1. The maximum absolute atomic E-state index is 10.8. The van der Waals surface area contributed by atoms with Gasteiger partial charge in [0.05, 0.1) is 21.3 Å². The van der Waals surface area contributed by atoms with Gasteiger partial charge in [-0.05, 0) is 12.1 Å². The van der Waals surface area contributed by atoms with Crippen molar-refractivity contribution in [1.29, 1.82) is 0 Å². The minimum absolute atomic E-state index is 0.0679. The van der Waals surface area contributed by atoms with Crippen LogP contribution in [0.2, 0.25) is 10.0 Å². The van der Waals surface area contributed by atoms with Gasteiger partial charge < -0.3 is 11.5 Å². The highest BCUT2D eigenvalue weighted by Gasteiger charge is 2.13. The molecule has 1 rings (SSSR count). The van der Waals surface area contributed by atoms with Crippen LogP contribution in [0, 0.1) is 0 Å². The van der Waals surface area contributed by atoms with Gasteiger partial charge in [0.25, 0.3) is 5.91 Å². The Morgan fingerprint density at radius 1 is 1.33 bits per heavy atom. The van der Waals surface area contributed by atoms with Gasteiger partial charge in [0.2, 0.25) is 0 Å². The van der Waals surface area contributed by atoms with E-state index in [1.54, 1.807) is 0 Å². The molecule has 1 amide bonds. The molecule has 0 aliphatic carbocycles. The van der Waals surface area contributed by atoms with Crippen molar-refractivity contribution in [2.75, 3.05) is 5.73 Å². The highest BCUT2D eigenvalue weighted by atomic mass is 35.5. The lowest BCUT2D eigenvalue weighted by Gasteiger charge is -2.04. The van der Waals surface area contributed by atoms with Crippen LogP contribution in [0.25, 0.3) is 0 Å². The highest BCUT2D eigenvalue weighted by Crippen LogP contribution is 2.28. The Morgan fingerprint density at radius 2 is 1.92 bits per heavy atom. The average molecular weight is 205 g/mol. The van der Waals surface area contributed by atoms with E-state index in [2.05, 4.69) is 0 Å². The summed E-state index contributed by atoms with van der Waals surface area (Å²) in [6, 6.07) is 2.99. The molecule has 0 aliphatic heterocycles. The van der Waals surface area contributed by atoms with Crippen molar-refractivity contribution in [3.05, 3.63) is 27.7 Å². The van der Waals surface area contributed by atoms with Crippen molar-refractivity contribution in [3.63, 3.8) is 0 Å². The minimum atomic E-state index is -0.683. The van der Waals surface area contributed by atoms with E-state index in [9.17, 15) is 4.79 Å². The molecule has 0 aromatic heterocycles. The molecule has 1 aromatic carbocycles. The molecular weight excluding hydrogens is 199 g/mol. The molecule has 5 heteroatoms. The number of hydrogen-bond acceptors (Lipinski definition) is 2. The summed E-state index contributed by atoms with van der Waals surface area (Å²) in [6.07, 6.45) is 0. The molecule has 0 fully saturated rings. The molecule has 64 valence electrons. The van der Waals surface area contributed by atoms with Gasteiger partial charge in [-0.3, -0.25) is 4.79 Å². The first-order chi connectivity index (χ1) is 5.54. The Kier molecular flexibility index (Phi) is 2.45. The molecule has 0 saturated carbocycles. The van der Waals surface area contributed by atoms with Gasteiger partial charge in [0.1, 0.15) is 0 Å². The Balaban J connectivity index is 3.43. The molecule has 0 atom stereocenters. The summed E-state index contributed by atoms with van der Waals surface area (Å²) in [5, 5.41) is 0.316. The lowest BCUT2D eigenvalue weighted by molar-refractivity contribution is 0.100. The number of amides is 1. The second-order valence-electron chi connectivity index (χ2n) is 2.19. The summed E-state index contributed by atoms with van der Waals surface area (Å²) >= 11 is 11.3. The van der Waals surface area contributed by atoms with Crippen molar-refractivity contribution in [3.8, 4) is 0 Å². The van der Waals surface area contributed by atoms with Gasteiger partial charge in [0, 0.05) is 0 Å². The van der Waals surface area contributed by atoms with Crippen LogP contribution in [0.15, 0.2) is 12.1 Å². The molecule has 12 heavy (non-hydrogen) atoms. The molecule has 0 radical (unpaired) electrons. The number of primary amides is 1. The summed E-state index contributed by atoms with van der Waals surface area (Å²) in [4.78, 5) is 10.8. The first kappa shape index (κ1) is 9.16. The fraction of sp³-hybridized carbons (Fsp3) is 0. The molecule has 0 heterocycles. The maximum atomic E-state index is 10.8. The van der Waals surface area contributed by atoms with Crippen LogP contribution in [0.4, 0.5) is 5.69 Å². The molecule has 4 N–H and O–H groups in total. The van der Waals surface area contributed by atoms with Gasteiger partial charge in [-0.1, -0.05) is 23.2 Å². The van der Waals surface area contributed by atoms with Crippen LogP contribution >= 0.6 is 23.2 Å². The van der Waals surface area contributed by atoms with Crippen molar-refractivity contribution in [2.45, 2.75) is 0 Å². The summed E-state index contributed by atoms with van der Waals surface area (Å²) < 4.78 is 0. The molecule has 0 unspecified atom stereocenters.